The first-order chi connectivity index (χ1) is 13.4. The highest BCUT2D eigenvalue weighted by atomic mass is 32.2. The number of halogens is 1. The van der Waals surface area contributed by atoms with Gasteiger partial charge in [0.15, 0.2) is 0 Å². The van der Waals surface area contributed by atoms with Crippen LogP contribution in [0.2, 0.25) is 0 Å². The highest BCUT2D eigenvalue weighted by molar-refractivity contribution is 7.89. The standard InChI is InChI=1S/C20H23FN2O4S/c1-27-19-10-9-17(28(25,26)23-11-4-2-3-5-12-23)14-18(19)20(24)22-16-8-6-7-15(21)13-16/h6-10,13-14H,2-5,11-12H2,1H3,(H,22,24). The maximum atomic E-state index is 13.4. The van der Waals surface area contributed by atoms with Crippen molar-refractivity contribution in [1.82, 2.24) is 4.31 Å². The summed E-state index contributed by atoms with van der Waals surface area (Å²) in [6.07, 6.45) is 3.66. The van der Waals surface area contributed by atoms with Gasteiger partial charge in [0.1, 0.15) is 11.6 Å². The largest absolute Gasteiger partial charge is 0.496 e. The molecule has 0 aromatic heterocycles. The van der Waals surface area contributed by atoms with Crippen LogP contribution in [0.5, 0.6) is 5.75 Å². The molecule has 1 fully saturated rings. The molecule has 1 aliphatic rings. The normalized spacial score (nSPS) is 15.6. The van der Waals surface area contributed by atoms with Crippen molar-refractivity contribution in [2.45, 2.75) is 30.6 Å². The summed E-state index contributed by atoms with van der Waals surface area (Å²) in [5.74, 6) is -0.818. The fourth-order valence-corrected chi connectivity index (χ4v) is 4.76. The number of ether oxygens (including phenoxy) is 1. The van der Waals surface area contributed by atoms with Gasteiger partial charge in [0.05, 0.1) is 17.6 Å². The van der Waals surface area contributed by atoms with E-state index < -0.39 is 21.7 Å². The van der Waals surface area contributed by atoms with E-state index in [1.54, 1.807) is 6.07 Å². The van der Waals surface area contributed by atoms with Gasteiger partial charge < -0.3 is 10.1 Å². The summed E-state index contributed by atoms with van der Waals surface area (Å²) < 4.78 is 46.1. The van der Waals surface area contributed by atoms with Crippen molar-refractivity contribution in [1.29, 1.82) is 0 Å². The third-order valence-corrected chi connectivity index (χ3v) is 6.60. The Labute approximate surface area is 164 Å². The SMILES string of the molecule is COc1ccc(S(=O)(=O)N2CCCCCC2)cc1C(=O)Nc1cccc(F)c1. The van der Waals surface area contributed by atoms with Crippen LogP contribution in [0, 0.1) is 5.82 Å². The molecule has 0 bridgehead atoms. The van der Waals surface area contributed by atoms with Crippen molar-refractivity contribution >= 4 is 21.6 Å². The van der Waals surface area contributed by atoms with Crippen LogP contribution in [0.15, 0.2) is 47.4 Å². The van der Waals surface area contributed by atoms with Gasteiger partial charge in [-0.2, -0.15) is 4.31 Å². The zero-order valence-corrected chi connectivity index (χ0v) is 16.5. The molecule has 1 heterocycles. The van der Waals surface area contributed by atoms with Gasteiger partial charge in [-0.25, -0.2) is 12.8 Å². The van der Waals surface area contributed by atoms with E-state index >= 15 is 0 Å². The van der Waals surface area contributed by atoms with Gasteiger partial charge in [0.25, 0.3) is 5.91 Å². The fourth-order valence-electron chi connectivity index (χ4n) is 3.22. The molecule has 150 valence electrons. The molecule has 0 aliphatic carbocycles. The number of benzene rings is 2. The summed E-state index contributed by atoms with van der Waals surface area (Å²) in [5.41, 5.74) is 0.343. The molecule has 1 amide bonds. The third-order valence-electron chi connectivity index (χ3n) is 4.70. The first kappa shape index (κ1) is 20.3. The molecule has 0 unspecified atom stereocenters. The van der Waals surface area contributed by atoms with Crippen molar-refractivity contribution in [3.8, 4) is 5.75 Å². The Hall–Kier alpha value is -2.45. The van der Waals surface area contributed by atoms with E-state index in [2.05, 4.69) is 5.32 Å². The molecule has 28 heavy (non-hydrogen) atoms. The number of methoxy groups -OCH3 is 1. The maximum Gasteiger partial charge on any atom is 0.259 e. The summed E-state index contributed by atoms with van der Waals surface area (Å²) in [6, 6.07) is 9.69. The topological polar surface area (TPSA) is 75.7 Å². The van der Waals surface area contributed by atoms with Gasteiger partial charge in [0.2, 0.25) is 10.0 Å². The number of carbonyl (C=O) groups is 1. The monoisotopic (exact) mass is 406 g/mol. The van der Waals surface area contributed by atoms with Crippen molar-refractivity contribution < 1.29 is 22.3 Å². The number of rotatable bonds is 5. The van der Waals surface area contributed by atoms with Gasteiger partial charge in [-0.05, 0) is 49.2 Å². The highest BCUT2D eigenvalue weighted by Crippen LogP contribution is 2.27. The minimum Gasteiger partial charge on any atom is -0.496 e. The molecule has 3 rings (SSSR count). The van der Waals surface area contributed by atoms with Gasteiger partial charge >= 0.3 is 0 Å². The number of hydrogen-bond donors (Lipinski definition) is 1. The first-order valence-corrected chi connectivity index (χ1v) is 10.6. The van der Waals surface area contributed by atoms with Crippen molar-refractivity contribution in [2.24, 2.45) is 0 Å². The molecule has 6 nitrogen and oxygen atoms in total. The number of sulfonamides is 1. The van der Waals surface area contributed by atoms with Crippen LogP contribution in [-0.4, -0.2) is 38.8 Å². The second-order valence-corrected chi connectivity index (χ2v) is 8.58. The van der Waals surface area contributed by atoms with Crippen LogP contribution in [-0.2, 0) is 10.0 Å². The van der Waals surface area contributed by atoms with E-state index in [0.717, 1.165) is 25.7 Å². The Morgan fingerprint density at radius 2 is 1.79 bits per heavy atom. The predicted molar refractivity (Wildman–Crippen MR) is 105 cm³/mol. The summed E-state index contributed by atoms with van der Waals surface area (Å²) in [6.45, 7) is 0.943. The zero-order valence-electron chi connectivity index (χ0n) is 15.7. The lowest BCUT2D eigenvalue weighted by Gasteiger charge is -2.20. The van der Waals surface area contributed by atoms with Crippen LogP contribution < -0.4 is 10.1 Å². The summed E-state index contributed by atoms with van der Waals surface area (Å²) in [5, 5.41) is 2.57. The summed E-state index contributed by atoms with van der Waals surface area (Å²) in [4.78, 5) is 12.7. The molecule has 0 saturated carbocycles. The van der Waals surface area contributed by atoms with Gasteiger partial charge in [0, 0.05) is 18.8 Å². The van der Waals surface area contributed by atoms with Crippen LogP contribution in [0.25, 0.3) is 0 Å². The smallest absolute Gasteiger partial charge is 0.259 e. The van der Waals surface area contributed by atoms with Crippen LogP contribution in [0.1, 0.15) is 36.0 Å². The minimum absolute atomic E-state index is 0.0413. The Balaban J connectivity index is 1.92. The molecule has 0 spiro atoms. The number of hydrogen-bond acceptors (Lipinski definition) is 4. The van der Waals surface area contributed by atoms with E-state index in [1.165, 1.54) is 47.8 Å². The molecule has 2 aromatic carbocycles. The average molecular weight is 406 g/mol. The van der Waals surface area contributed by atoms with Crippen molar-refractivity contribution in [3.63, 3.8) is 0 Å². The summed E-state index contributed by atoms with van der Waals surface area (Å²) in [7, 11) is -2.31. The molecule has 1 aliphatic heterocycles. The van der Waals surface area contributed by atoms with E-state index in [4.69, 9.17) is 4.74 Å². The number of nitrogens with zero attached hydrogens (tertiary/aromatic N) is 1. The number of anilines is 1. The van der Waals surface area contributed by atoms with Crippen LogP contribution >= 0.6 is 0 Å². The third kappa shape index (κ3) is 4.51. The van der Waals surface area contributed by atoms with E-state index in [1.807, 2.05) is 0 Å². The van der Waals surface area contributed by atoms with E-state index in [0.29, 0.717) is 13.1 Å². The molecule has 1 saturated heterocycles. The molecule has 2 aromatic rings. The predicted octanol–water partition coefficient (Wildman–Crippen LogP) is 3.65. The average Bonchev–Trinajstić information content (AvgIpc) is 2.97. The Morgan fingerprint density at radius 1 is 1.07 bits per heavy atom. The Morgan fingerprint density at radius 3 is 2.43 bits per heavy atom. The number of amides is 1. The molecule has 0 radical (unpaired) electrons. The quantitative estimate of drug-likeness (QED) is 0.822. The minimum atomic E-state index is -3.71. The summed E-state index contributed by atoms with van der Waals surface area (Å²) >= 11 is 0. The number of carbonyl (C=O) groups excluding carboxylic acids is 1. The maximum absolute atomic E-state index is 13.4. The van der Waals surface area contributed by atoms with Crippen LogP contribution in [0.4, 0.5) is 10.1 Å². The van der Waals surface area contributed by atoms with E-state index in [-0.39, 0.29) is 21.9 Å². The number of nitrogens with one attached hydrogen (secondary N) is 1. The molecular weight excluding hydrogens is 383 g/mol. The molecular formula is C20H23FN2O4S. The van der Waals surface area contributed by atoms with Gasteiger partial charge in [-0.1, -0.05) is 18.9 Å². The molecule has 0 atom stereocenters. The van der Waals surface area contributed by atoms with Crippen molar-refractivity contribution in [2.75, 3.05) is 25.5 Å². The molecule has 1 N–H and O–H groups in total. The lowest BCUT2D eigenvalue weighted by Crippen LogP contribution is -2.32. The lowest BCUT2D eigenvalue weighted by atomic mass is 10.2. The van der Waals surface area contributed by atoms with Crippen molar-refractivity contribution in [3.05, 3.63) is 53.8 Å². The first-order valence-electron chi connectivity index (χ1n) is 9.17. The fraction of sp³-hybridized carbons (Fsp3) is 0.350. The zero-order chi connectivity index (χ0) is 20.1. The lowest BCUT2D eigenvalue weighted by molar-refractivity contribution is 0.102. The van der Waals surface area contributed by atoms with E-state index in [9.17, 15) is 17.6 Å². The molecule has 8 heteroatoms. The van der Waals surface area contributed by atoms with Crippen LogP contribution in [0.3, 0.4) is 0 Å². The Kier molecular flexibility index (Phi) is 6.31. The van der Waals surface area contributed by atoms with Gasteiger partial charge in [-0.15, -0.1) is 0 Å². The van der Waals surface area contributed by atoms with Gasteiger partial charge in [-0.3, -0.25) is 4.79 Å². The second-order valence-electron chi connectivity index (χ2n) is 6.64. The highest BCUT2D eigenvalue weighted by Gasteiger charge is 2.27. The second kappa shape index (κ2) is 8.70. The Bertz CT molecular complexity index is 954.